The van der Waals surface area contributed by atoms with E-state index >= 15 is 0 Å². The second-order valence-corrected chi connectivity index (χ2v) is 5.11. The molecule has 112 valence electrons. The second kappa shape index (κ2) is 6.71. The monoisotopic (exact) mass is 301 g/mol. The Bertz CT molecular complexity index is 827. The van der Waals surface area contributed by atoms with Crippen molar-refractivity contribution in [1.29, 1.82) is 0 Å². The maximum atomic E-state index is 12.3. The largest absolute Gasteiger partial charge is 0.321 e. The maximum absolute atomic E-state index is 12.3. The van der Waals surface area contributed by atoms with Gasteiger partial charge in [-0.15, -0.1) is 0 Å². The van der Waals surface area contributed by atoms with Crippen molar-refractivity contribution in [1.82, 2.24) is 0 Å². The van der Waals surface area contributed by atoms with Crippen molar-refractivity contribution in [2.24, 2.45) is 0 Å². The summed E-state index contributed by atoms with van der Waals surface area (Å²) in [6, 6.07) is 24.1. The van der Waals surface area contributed by atoms with E-state index in [2.05, 4.69) is 5.32 Å². The van der Waals surface area contributed by atoms with Crippen LogP contribution in [0.2, 0.25) is 0 Å². The Kier molecular flexibility index (Phi) is 4.29. The van der Waals surface area contributed by atoms with E-state index in [9.17, 15) is 9.59 Å². The third kappa shape index (κ3) is 3.35. The van der Waals surface area contributed by atoms with Gasteiger partial charge in [0, 0.05) is 11.1 Å². The van der Waals surface area contributed by atoms with Crippen LogP contribution in [0.4, 0.5) is 5.69 Å². The number of carbonyl (C=O) groups excluding carboxylic acids is 2. The van der Waals surface area contributed by atoms with Crippen molar-refractivity contribution in [2.45, 2.75) is 0 Å². The van der Waals surface area contributed by atoms with E-state index in [-0.39, 0.29) is 5.91 Å². The molecule has 0 fully saturated rings. The Hall–Kier alpha value is -3.20. The minimum Gasteiger partial charge on any atom is -0.321 e. The molecular weight excluding hydrogens is 286 g/mol. The van der Waals surface area contributed by atoms with Crippen LogP contribution in [-0.4, -0.2) is 12.2 Å². The number of amides is 1. The van der Waals surface area contributed by atoms with Crippen molar-refractivity contribution in [3.05, 3.63) is 90.0 Å². The molecule has 0 bridgehead atoms. The molecule has 0 atom stereocenters. The van der Waals surface area contributed by atoms with Crippen LogP contribution in [0.25, 0.3) is 11.1 Å². The van der Waals surface area contributed by atoms with Gasteiger partial charge in [0.2, 0.25) is 0 Å². The number of aldehydes is 1. The van der Waals surface area contributed by atoms with Crippen LogP contribution in [-0.2, 0) is 0 Å². The molecule has 3 nitrogen and oxygen atoms in total. The number of rotatable bonds is 4. The van der Waals surface area contributed by atoms with Crippen molar-refractivity contribution < 1.29 is 9.59 Å². The lowest BCUT2D eigenvalue weighted by atomic mass is 10.0. The molecule has 3 aromatic rings. The molecule has 0 saturated heterocycles. The fourth-order valence-corrected chi connectivity index (χ4v) is 2.36. The van der Waals surface area contributed by atoms with Crippen LogP contribution in [0.15, 0.2) is 78.9 Å². The molecule has 1 amide bonds. The molecule has 0 aliphatic carbocycles. The summed E-state index contributed by atoms with van der Waals surface area (Å²) in [4.78, 5) is 23.5. The lowest BCUT2D eigenvalue weighted by molar-refractivity contribution is 0.102. The molecule has 0 saturated carbocycles. The first-order valence-corrected chi connectivity index (χ1v) is 7.29. The first-order chi connectivity index (χ1) is 11.3. The van der Waals surface area contributed by atoms with Crippen molar-refractivity contribution >= 4 is 17.9 Å². The third-order valence-electron chi connectivity index (χ3n) is 3.57. The van der Waals surface area contributed by atoms with Gasteiger partial charge in [0.25, 0.3) is 5.91 Å². The van der Waals surface area contributed by atoms with Crippen LogP contribution in [0, 0.1) is 0 Å². The van der Waals surface area contributed by atoms with Gasteiger partial charge in [-0.2, -0.15) is 0 Å². The van der Waals surface area contributed by atoms with Gasteiger partial charge in [-0.1, -0.05) is 54.6 Å². The lowest BCUT2D eigenvalue weighted by Crippen LogP contribution is -2.13. The average Bonchev–Trinajstić information content (AvgIpc) is 2.63. The molecule has 3 rings (SSSR count). The summed E-state index contributed by atoms with van der Waals surface area (Å²) < 4.78 is 0. The van der Waals surface area contributed by atoms with Gasteiger partial charge in [0.15, 0.2) is 6.29 Å². The van der Waals surface area contributed by atoms with Crippen LogP contribution in [0.3, 0.4) is 0 Å². The van der Waals surface area contributed by atoms with Crippen LogP contribution in [0.5, 0.6) is 0 Å². The maximum Gasteiger partial charge on any atom is 0.255 e. The van der Waals surface area contributed by atoms with Crippen molar-refractivity contribution in [2.75, 3.05) is 5.32 Å². The first-order valence-electron chi connectivity index (χ1n) is 7.29. The average molecular weight is 301 g/mol. The predicted octanol–water partition coefficient (Wildman–Crippen LogP) is 4.42. The number of hydrogen-bond donors (Lipinski definition) is 1. The van der Waals surface area contributed by atoms with E-state index in [0.717, 1.165) is 17.4 Å². The van der Waals surface area contributed by atoms with E-state index in [1.807, 2.05) is 48.5 Å². The molecule has 23 heavy (non-hydrogen) atoms. The number of anilines is 1. The highest BCUT2D eigenvalue weighted by atomic mass is 16.1. The number of nitrogens with one attached hydrogen (secondary N) is 1. The van der Waals surface area contributed by atoms with Gasteiger partial charge in [-0.05, 0) is 35.4 Å². The van der Waals surface area contributed by atoms with Crippen LogP contribution >= 0.6 is 0 Å². The molecule has 0 aliphatic rings. The summed E-state index contributed by atoms with van der Waals surface area (Å²) in [6.07, 6.45) is 0.745. The van der Waals surface area contributed by atoms with Gasteiger partial charge in [0.1, 0.15) is 0 Å². The summed E-state index contributed by atoms with van der Waals surface area (Å²) in [6.45, 7) is 0. The molecule has 0 spiro atoms. The number of hydrogen-bond acceptors (Lipinski definition) is 2. The quantitative estimate of drug-likeness (QED) is 0.725. The summed E-state index contributed by atoms with van der Waals surface area (Å²) in [7, 11) is 0. The van der Waals surface area contributed by atoms with Gasteiger partial charge < -0.3 is 5.32 Å². The molecule has 0 radical (unpaired) electrons. The molecule has 0 heterocycles. The number of carbonyl (C=O) groups is 2. The summed E-state index contributed by atoms with van der Waals surface area (Å²) in [5, 5.41) is 2.82. The van der Waals surface area contributed by atoms with Crippen LogP contribution in [0.1, 0.15) is 20.7 Å². The van der Waals surface area contributed by atoms with Crippen molar-refractivity contribution in [3.63, 3.8) is 0 Å². The van der Waals surface area contributed by atoms with E-state index in [0.29, 0.717) is 16.8 Å². The predicted molar refractivity (Wildman–Crippen MR) is 91.7 cm³/mol. The zero-order chi connectivity index (χ0) is 16.1. The Labute approximate surface area is 134 Å². The van der Waals surface area contributed by atoms with Gasteiger partial charge in [-0.3, -0.25) is 9.59 Å². The summed E-state index contributed by atoms with van der Waals surface area (Å²) in [5.74, 6) is -0.237. The fraction of sp³-hybridized carbons (Fsp3) is 0. The SMILES string of the molecule is O=Cc1ccc(-c2ccccc2)cc1NC(=O)c1ccccc1. The Morgan fingerprint density at radius 2 is 1.43 bits per heavy atom. The third-order valence-corrected chi connectivity index (χ3v) is 3.57. The highest BCUT2D eigenvalue weighted by Gasteiger charge is 2.10. The Balaban J connectivity index is 1.94. The second-order valence-electron chi connectivity index (χ2n) is 5.11. The number of benzene rings is 3. The standard InChI is InChI=1S/C20H15NO2/c22-14-18-12-11-17(15-7-3-1-4-8-15)13-19(18)21-20(23)16-9-5-2-6-10-16/h1-14H,(H,21,23). The summed E-state index contributed by atoms with van der Waals surface area (Å²) in [5.41, 5.74) is 3.48. The molecular formula is C20H15NO2. The van der Waals surface area contributed by atoms with E-state index in [1.54, 1.807) is 30.3 Å². The van der Waals surface area contributed by atoms with E-state index in [4.69, 9.17) is 0 Å². The smallest absolute Gasteiger partial charge is 0.255 e. The lowest BCUT2D eigenvalue weighted by Gasteiger charge is -2.10. The highest BCUT2D eigenvalue weighted by Crippen LogP contribution is 2.25. The Morgan fingerprint density at radius 3 is 2.09 bits per heavy atom. The fourth-order valence-electron chi connectivity index (χ4n) is 2.36. The zero-order valence-electron chi connectivity index (χ0n) is 12.4. The molecule has 0 unspecified atom stereocenters. The molecule has 1 N–H and O–H groups in total. The molecule has 3 heteroatoms. The normalized spacial score (nSPS) is 10.1. The Morgan fingerprint density at radius 1 is 0.783 bits per heavy atom. The van der Waals surface area contributed by atoms with Crippen molar-refractivity contribution in [3.8, 4) is 11.1 Å². The molecule has 3 aromatic carbocycles. The summed E-state index contributed by atoms with van der Waals surface area (Å²) >= 11 is 0. The van der Waals surface area contributed by atoms with E-state index in [1.165, 1.54) is 0 Å². The highest BCUT2D eigenvalue weighted by molar-refractivity contribution is 6.06. The molecule has 0 aromatic heterocycles. The van der Waals surface area contributed by atoms with E-state index < -0.39 is 0 Å². The van der Waals surface area contributed by atoms with Gasteiger partial charge in [-0.25, -0.2) is 0 Å². The zero-order valence-corrected chi connectivity index (χ0v) is 12.4. The minimum atomic E-state index is -0.237. The van der Waals surface area contributed by atoms with Crippen LogP contribution < -0.4 is 5.32 Å². The minimum absolute atomic E-state index is 0.237. The molecule has 0 aliphatic heterocycles. The van der Waals surface area contributed by atoms with Gasteiger partial charge >= 0.3 is 0 Å². The topological polar surface area (TPSA) is 46.2 Å². The van der Waals surface area contributed by atoms with Gasteiger partial charge in [0.05, 0.1) is 5.69 Å². The first kappa shape index (κ1) is 14.7.